The van der Waals surface area contributed by atoms with E-state index in [2.05, 4.69) is 20.5 Å². The van der Waals surface area contributed by atoms with Crippen LogP contribution in [0.2, 0.25) is 0 Å². The topological polar surface area (TPSA) is 117 Å². The number of hydrogen-bond donors (Lipinski definition) is 3. The summed E-state index contributed by atoms with van der Waals surface area (Å²) in [7, 11) is 0. The zero-order chi connectivity index (χ0) is 17.5. The van der Waals surface area contributed by atoms with Crippen molar-refractivity contribution in [3.05, 3.63) is 34.0 Å². The first-order valence-electron chi connectivity index (χ1n) is 7.24. The Morgan fingerprint density at radius 1 is 1.33 bits per heavy atom. The Bertz CT molecular complexity index is 1050. The van der Waals surface area contributed by atoms with Crippen LogP contribution in [-0.4, -0.2) is 32.0 Å². The van der Waals surface area contributed by atoms with Crippen molar-refractivity contribution in [3.8, 4) is 0 Å². The summed E-state index contributed by atoms with van der Waals surface area (Å²) in [6.45, 7) is 5.26. The van der Waals surface area contributed by atoms with Gasteiger partial charge in [-0.2, -0.15) is 5.10 Å². The molecule has 3 rings (SSSR count). The molecule has 8 nitrogen and oxygen atoms in total. The zero-order valence-electron chi connectivity index (χ0n) is 13.4. The van der Waals surface area contributed by atoms with Crippen LogP contribution in [0, 0.1) is 0 Å². The number of aromatic amines is 1. The maximum Gasteiger partial charge on any atom is 0.412 e. The molecule has 0 fully saturated rings. The monoisotopic (exact) mass is 328 g/mol. The molecule has 1 amide bonds. The number of ether oxygens (including phenoxy) is 1. The Hall–Kier alpha value is -3.16. The molecule has 24 heavy (non-hydrogen) atoms. The number of benzene rings is 1. The molecule has 0 unspecified atom stereocenters. The maximum atomic E-state index is 12.1. The van der Waals surface area contributed by atoms with E-state index in [0.29, 0.717) is 27.3 Å². The van der Waals surface area contributed by atoms with Gasteiger partial charge in [0.2, 0.25) is 0 Å². The summed E-state index contributed by atoms with van der Waals surface area (Å²) in [6, 6.07) is 3.15. The number of nitrogens with zero attached hydrogens (tertiary/aromatic N) is 2. The molecule has 3 N–H and O–H groups in total. The molecule has 0 atom stereocenters. The van der Waals surface area contributed by atoms with E-state index < -0.39 is 17.3 Å². The Morgan fingerprint density at radius 3 is 2.75 bits per heavy atom. The van der Waals surface area contributed by atoms with E-state index >= 15 is 0 Å². The van der Waals surface area contributed by atoms with E-state index in [4.69, 9.17) is 4.74 Å². The molecule has 8 heteroatoms. The maximum absolute atomic E-state index is 12.1. The average Bonchev–Trinajstić information content (AvgIpc) is 2.72. The molecule has 1 aromatic carbocycles. The van der Waals surface area contributed by atoms with Gasteiger partial charge in [-0.25, -0.2) is 4.79 Å². The van der Waals surface area contributed by atoms with Gasteiger partial charge in [0.15, 0.2) is 0 Å². The minimum absolute atomic E-state index is 0.274. The average molecular weight is 328 g/mol. The zero-order valence-corrected chi connectivity index (χ0v) is 13.4. The van der Waals surface area contributed by atoms with Gasteiger partial charge in [0.25, 0.3) is 5.56 Å². The van der Waals surface area contributed by atoms with Crippen molar-refractivity contribution in [2.45, 2.75) is 26.4 Å². The van der Waals surface area contributed by atoms with E-state index in [1.54, 1.807) is 26.8 Å². The fourth-order valence-corrected chi connectivity index (χ4v) is 2.47. The third-order valence-corrected chi connectivity index (χ3v) is 3.31. The van der Waals surface area contributed by atoms with E-state index in [-0.39, 0.29) is 5.39 Å². The summed E-state index contributed by atoms with van der Waals surface area (Å²) < 4.78 is 5.20. The number of amides is 1. The number of nitrogens with one attached hydrogen (secondary N) is 2. The molecule has 2 aromatic heterocycles. The first-order chi connectivity index (χ1) is 11.3. The normalized spacial score (nSPS) is 12.7. The number of rotatable bonds is 1. The van der Waals surface area contributed by atoms with Crippen LogP contribution in [0.15, 0.2) is 23.1 Å². The van der Waals surface area contributed by atoms with Gasteiger partial charge in [0.05, 0.1) is 16.9 Å². The highest BCUT2D eigenvalue weighted by molar-refractivity contribution is 6.10. The Kier molecular flexibility index (Phi) is 3.59. The summed E-state index contributed by atoms with van der Waals surface area (Å²) in [5, 5.41) is 21.0. The summed E-state index contributed by atoms with van der Waals surface area (Å²) >= 11 is 0. The van der Waals surface area contributed by atoms with Crippen molar-refractivity contribution in [1.29, 1.82) is 0 Å². The van der Waals surface area contributed by atoms with E-state index in [1.165, 1.54) is 12.3 Å². The quantitative estimate of drug-likeness (QED) is 0.627. The van der Waals surface area contributed by atoms with E-state index in [1.807, 2.05) is 0 Å². The molecule has 0 aliphatic heterocycles. The lowest BCUT2D eigenvalue weighted by Gasteiger charge is -2.19. The molecule has 3 aromatic rings. The number of aliphatic hydroxyl groups excluding tert-OH is 1. The van der Waals surface area contributed by atoms with Crippen molar-refractivity contribution in [2.75, 3.05) is 5.32 Å². The van der Waals surface area contributed by atoms with Crippen LogP contribution in [0.3, 0.4) is 0 Å². The second-order valence-electron chi connectivity index (χ2n) is 6.30. The van der Waals surface area contributed by atoms with Crippen molar-refractivity contribution in [1.82, 2.24) is 15.2 Å². The van der Waals surface area contributed by atoms with Crippen molar-refractivity contribution in [3.63, 3.8) is 0 Å². The molecule has 0 aliphatic carbocycles. The Balaban J connectivity index is 2.18. The lowest BCUT2D eigenvalue weighted by atomic mass is 10.1. The fraction of sp³-hybridized carbons (Fsp3) is 0.250. The van der Waals surface area contributed by atoms with Gasteiger partial charge in [-0.15, -0.1) is 5.10 Å². The largest absolute Gasteiger partial charge is 0.513 e. The Labute approximate surface area is 136 Å². The first kappa shape index (κ1) is 15.7. The standard InChI is InChI=1S/C16H16N4O4/c1-16(2,3)24-15(23)18-8-4-9-13-10(6-17-20-14(9)22)12(7-21)19-11(13)5-8/h4-7,19,21H,1-3H3,(H,18,23). The summed E-state index contributed by atoms with van der Waals surface area (Å²) in [6.07, 6.45) is 1.65. The number of aromatic nitrogens is 3. The van der Waals surface area contributed by atoms with Gasteiger partial charge in [0, 0.05) is 22.0 Å². The minimum atomic E-state index is -0.641. The molecule has 0 saturated heterocycles. The number of carbonyl (C=O) groups excluding carboxylic acids is 1. The van der Waals surface area contributed by atoms with Crippen LogP contribution in [-0.2, 0) is 4.74 Å². The summed E-state index contributed by atoms with van der Waals surface area (Å²) in [5.74, 6) is 0. The van der Waals surface area contributed by atoms with Crippen LogP contribution in [0.5, 0.6) is 0 Å². The number of aliphatic hydroxyl groups is 1. The van der Waals surface area contributed by atoms with Gasteiger partial charge >= 0.3 is 6.09 Å². The second kappa shape index (κ2) is 5.48. The number of anilines is 1. The summed E-state index contributed by atoms with van der Waals surface area (Å²) in [4.78, 5) is 27.1. The highest BCUT2D eigenvalue weighted by Gasteiger charge is 2.17. The molecule has 0 radical (unpaired) electrons. The molecular weight excluding hydrogens is 312 g/mol. The van der Waals surface area contributed by atoms with Gasteiger partial charge in [-0.05, 0) is 32.9 Å². The predicted molar refractivity (Wildman–Crippen MR) is 89.8 cm³/mol. The van der Waals surface area contributed by atoms with Crippen LogP contribution in [0.1, 0.15) is 20.8 Å². The minimum Gasteiger partial charge on any atom is -0.513 e. The van der Waals surface area contributed by atoms with Gasteiger partial charge in [-0.3, -0.25) is 10.1 Å². The van der Waals surface area contributed by atoms with Gasteiger partial charge < -0.3 is 14.8 Å². The van der Waals surface area contributed by atoms with Crippen LogP contribution in [0.25, 0.3) is 27.9 Å². The molecule has 0 aliphatic rings. The van der Waals surface area contributed by atoms with Crippen molar-refractivity contribution >= 4 is 39.7 Å². The van der Waals surface area contributed by atoms with Crippen molar-refractivity contribution in [2.24, 2.45) is 0 Å². The van der Waals surface area contributed by atoms with Crippen LogP contribution in [0.4, 0.5) is 10.5 Å². The molecular formula is C16H16N4O4. The highest BCUT2D eigenvalue weighted by Crippen LogP contribution is 2.24. The number of carbonyl (C=O) groups is 1. The van der Waals surface area contributed by atoms with E-state index in [9.17, 15) is 14.7 Å². The smallest absolute Gasteiger partial charge is 0.412 e. The fourth-order valence-electron chi connectivity index (χ4n) is 2.47. The lowest BCUT2D eigenvalue weighted by molar-refractivity contribution is 0.0636. The van der Waals surface area contributed by atoms with E-state index in [0.717, 1.165) is 6.26 Å². The third kappa shape index (κ3) is 2.85. The molecule has 0 saturated carbocycles. The van der Waals surface area contributed by atoms with Crippen molar-refractivity contribution < 1.29 is 14.6 Å². The molecule has 124 valence electrons. The molecule has 0 spiro atoms. The number of hydrogen-bond acceptors (Lipinski definition) is 6. The first-order valence-corrected chi connectivity index (χ1v) is 7.24. The summed E-state index contributed by atoms with van der Waals surface area (Å²) in [5.41, 5.74) is -0.246. The second-order valence-corrected chi connectivity index (χ2v) is 6.30. The van der Waals surface area contributed by atoms with Crippen LogP contribution < -0.4 is 16.2 Å². The number of H-pyrrole nitrogens is 1. The lowest BCUT2D eigenvalue weighted by Crippen LogP contribution is -2.27. The predicted octanol–water partition coefficient (Wildman–Crippen LogP) is 1.83. The molecule has 2 heterocycles. The Morgan fingerprint density at radius 2 is 2.08 bits per heavy atom. The van der Waals surface area contributed by atoms with Crippen LogP contribution >= 0.6 is 0 Å². The highest BCUT2D eigenvalue weighted by atomic mass is 16.6. The molecule has 0 bridgehead atoms. The van der Waals surface area contributed by atoms with Gasteiger partial charge in [-0.1, -0.05) is 0 Å². The third-order valence-electron chi connectivity index (χ3n) is 3.31. The SMILES string of the molecule is CC(C)(C)OC(=O)Nc1cc2[nH]c(=CO)c3cnnc(=O)c(c1)c23. The van der Waals surface area contributed by atoms with Gasteiger partial charge in [0.1, 0.15) is 11.9 Å².